The highest BCUT2D eigenvalue weighted by molar-refractivity contribution is 5.98. The van der Waals surface area contributed by atoms with Crippen molar-refractivity contribution in [2.75, 3.05) is 27.9 Å². The van der Waals surface area contributed by atoms with Crippen molar-refractivity contribution >= 4 is 18.4 Å². The molecule has 9 nitrogen and oxygen atoms in total. The van der Waals surface area contributed by atoms with Gasteiger partial charge in [0.25, 0.3) is 0 Å². The minimum atomic E-state index is -1.01. The van der Waals surface area contributed by atoms with Crippen LogP contribution < -0.4 is 19.5 Å². The molecule has 9 heteroatoms. The van der Waals surface area contributed by atoms with Crippen LogP contribution in [0.2, 0.25) is 0 Å². The van der Waals surface area contributed by atoms with Gasteiger partial charge in [0.15, 0.2) is 11.5 Å². The first-order valence-corrected chi connectivity index (χ1v) is 8.15. The first kappa shape index (κ1) is 20.1. The largest absolute Gasteiger partial charge is 0.493 e. The summed E-state index contributed by atoms with van der Waals surface area (Å²) in [7, 11) is 4.35. The molecule has 1 aliphatic rings. The van der Waals surface area contributed by atoms with Gasteiger partial charge in [0.2, 0.25) is 12.2 Å². The Balaban J connectivity index is 2.72. The van der Waals surface area contributed by atoms with Crippen molar-refractivity contribution in [1.29, 1.82) is 0 Å². The van der Waals surface area contributed by atoms with Crippen LogP contribution in [0.25, 0.3) is 0 Å². The number of allylic oxidation sites excluding steroid dienone is 1. The van der Waals surface area contributed by atoms with Crippen molar-refractivity contribution in [3.05, 3.63) is 29.0 Å². The highest BCUT2D eigenvalue weighted by Gasteiger charge is 2.39. The molecule has 0 bridgehead atoms. The lowest BCUT2D eigenvalue weighted by molar-refractivity contribution is -0.139. The number of hydrogen-bond donors (Lipinski definition) is 1. The van der Waals surface area contributed by atoms with Gasteiger partial charge in [-0.2, -0.15) is 0 Å². The summed E-state index contributed by atoms with van der Waals surface area (Å²) in [5.41, 5.74) is 0.863. The number of amides is 3. The first-order valence-electron chi connectivity index (χ1n) is 8.15. The number of hydrogen-bond acceptors (Lipinski definition) is 7. The van der Waals surface area contributed by atoms with E-state index in [9.17, 15) is 14.4 Å². The van der Waals surface area contributed by atoms with Gasteiger partial charge in [-0.3, -0.25) is 9.69 Å². The minimum Gasteiger partial charge on any atom is -0.493 e. The molecule has 0 aliphatic carbocycles. The SMILES string of the molecule is CCOC(=O)C1=C(C)NC(=O)N(C=O)C1c1cc(OC)c(OC)c(OC)c1. The van der Waals surface area contributed by atoms with Crippen molar-refractivity contribution in [2.45, 2.75) is 19.9 Å². The standard InChI is InChI=1S/C18H22N2O7/c1-6-27-17(22)14-10(2)19-18(23)20(9-21)15(14)11-7-12(24-3)16(26-5)13(8-11)25-4/h7-9,15H,6H2,1-5H3,(H,19,23). The van der Waals surface area contributed by atoms with Gasteiger partial charge in [-0.1, -0.05) is 0 Å². The van der Waals surface area contributed by atoms with Crippen LogP contribution >= 0.6 is 0 Å². The number of methoxy groups -OCH3 is 3. The van der Waals surface area contributed by atoms with Crippen LogP contribution in [-0.2, 0) is 14.3 Å². The van der Waals surface area contributed by atoms with Gasteiger partial charge >= 0.3 is 12.0 Å². The molecule has 2 rings (SSSR count). The molecule has 0 spiro atoms. The zero-order valence-corrected chi connectivity index (χ0v) is 15.8. The highest BCUT2D eigenvalue weighted by Crippen LogP contribution is 2.43. The van der Waals surface area contributed by atoms with E-state index in [0.717, 1.165) is 4.90 Å². The molecule has 0 fully saturated rings. The van der Waals surface area contributed by atoms with Crippen molar-refractivity contribution in [2.24, 2.45) is 0 Å². The van der Waals surface area contributed by atoms with Gasteiger partial charge in [0, 0.05) is 5.70 Å². The molecule has 1 aromatic carbocycles. The summed E-state index contributed by atoms with van der Waals surface area (Å²) in [6.07, 6.45) is 0.356. The Labute approximate surface area is 156 Å². The molecular formula is C18H22N2O7. The van der Waals surface area contributed by atoms with Gasteiger partial charge in [-0.15, -0.1) is 0 Å². The maximum atomic E-state index is 12.5. The second-order valence-corrected chi connectivity index (χ2v) is 5.56. The molecule has 1 aromatic rings. The molecule has 1 heterocycles. The zero-order chi connectivity index (χ0) is 20.1. The molecule has 1 aliphatic heterocycles. The Morgan fingerprint density at radius 3 is 2.22 bits per heavy atom. The van der Waals surface area contributed by atoms with Crippen molar-refractivity contribution in [3.8, 4) is 17.2 Å². The van der Waals surface area contributed by atoms with Crippen LogP contribution in [0.5, 0.6) is 17.2 Å². The Bertz CT molecular complexity index is 763. The Morgan fingerprint density at radius 2 is 1.78 bits per heavy atom. The molecular weight excluding hydrogens is 356 g/mol. The summed E-state index contributed by atoms with van der Waals surface area (Å²) in [5.74, 6) is 0.356. The number of rotatable bonds is 7. The van der Waals surface area contributed by atoms with E-state index in [-0.39, 0.29) is 12.2 Å². The van der Waals surface area contributed by atoms with Gasteiger partial charge < -0.3 is 24.3 Å². The lowest BCUT2D eigenvalue weighted by Crippen LogP contribution is -2.47. The summed E-state index contributed by atoms with van der Waals surface area (Å²) in [5, 5.41) is 2.50. The lowest BCUT2D eigenvalue weighted by Gasteiger charge is -2.34. The maximum Gasteiger partial charge on any atom is 0.338 e. The fraction of sp³-hybridized carbons (Fsp3) is 0.389. The molecule has 3 amide bonds. The molecule has 146 valence electrons. The molecule has 1 atom stereocenters. The smallest absolute Gasteiger partial charge is 0.338 e. The van der Waals surface area contributed by atoms with Gasteiger partial charge in [-0.25, -0.2) is 9.59 Å². The van der Waals surface area contributed by atoms with Crippen molar-refractivity contribution in [1.82, 2.24) is 10.2 Å². The first-order chi connectivity index (χ1) is 12.9. The average Bonchev–Trinajstić information content (AvgIpc) is 2.66. The van der Waals surface area contributed by atoms with Crippen LogP contribution in [0.15, 0.2) is 23.4 Å². The molecule has 0 aromatic heterocycles. The lowest BCUT2D eigenvalue weighted by atomic mass is 9.93. The van der Waals surface area contributed by atoms with Gasteiger partial charge in [-0.05, 0) is 31.5 Å². The summed E-state index contributed by atoms with van der Waals surface area (Å²) in [6, 6.07) is 1.49. The third kappa shape index (κ3) is 3.67. The van der Waals surface area contributed by atoms with E-state index in [1.807, 2.05) is 0 Å². The number of nitrogens with one attached hydrogen (secondary N) is 1. The maximum absolute atomic E-state index is 12.5. The number of nitrogens with zero attached hydrogens (tertiary/aromatic N) is 1. The Morgan fingerprint density at radius 1 is 1.19 bits per heavy atom. The van der Waals surface area contributed by atoms with Crippen molar-refractivity contribution in [3.63, 3.8) is 0 Å². The van der Waals surface area contributed by atoms with Crippen LogP contribution in [0.3, 0.4) is 0 Å². The zero-order valence-electron chi connectivity index (χ0n) is 15.8. The molecule has 27 heavy (non-hydrogen) atoms. The van der Waals surface area contributed by atoms with E-state index in [2.05, 4.69) is 5.32 Å². The summed E-state index contributed by atoms with van der Waals surface area (Å²) < 4.78 is 21.1. The van der Waals surface area contributed by atoms with E-state index in [1.165, 1.54) is 21.3 Å². The monoisotopic (exact) mass is 378 g/mol. The molecule has 1 N–H and O–H groups in total. The molecule has 0 saturated carbocycles. The van der Waals surface area contributed by atoms with Crippen LogP contribution in [0.4, 0.5) is 4.79 Å². The third-order valence-corrected chi connectivity index (χ3v) is 4.10. The highest BCUT2D eigenvalue weighted by atomic mass is 16.5. The normalized spacial score (nSPS) is 16.6. The molecule has 0 radical (unpaired) electrons. The van der Waals surface area contributed by atoms with Gasteiger partial charge in [0.05, 0.1) is 33.5 Å². The second kappa shape index (κ2) is 8.43. The molecule has 1 unspecified atom stereocenters. The number of imide groups is 1. The van der Waals surface area contributed by atoms with E-state index in [0.29, 0.717) is 34.9 Å². The number of carbonyl (C=O) groups excluding carboxylic acids is 3. The number of esters is 1. The number of ether oxygens (including phenoxy) is 4. The Hall–Kier alpha value is -3.23. The summed E-state index contributed by atoms with van der Waals surface area (Å²) >= 11 is 0. The van der Waals surface area contributed by atoms with Crippen LogP contribution in [0.1, 0.15) is 25.5 Å². The quantitative estimate of drug-likeness (QED) is 0.570. The average molecular weight is 378 g/mol. The van der Waals surface area contributed by atoms with Crippen LogP contribution in [0, 0.1) is 0 Å². The predicted octanol–water partition coefficient (Wildman–Crippen LogP) is 1.77. The van der Waals surface area contributed by atoms with Crippen LogP contribution in [-0.4, -0.2) is 51.2 Å². The van der Waals surface area contributed by atoms with Crippen molar-refractivity contribution < 1.29 is 33.3 Å². The Kier molecular flexibility index (Phi) is 6.27. The second-order valence-electron chi connectivity index (χ2n) is 5.56. The number of urea groups is 1. The fourth-order valence-electron chi connectivity index (χ4n) is 2.92. The topological polar surface area (TPSA) is 103 Å². The predicted molar refractivity (Wildman–Crippen MR) is 94.6 cm³/mol. The summed E-state index contributed by atoms with van der Waals surface area (Å²) in [6.45, 7) is 3.38. The number of benzene rings is 1. The minimum absolute atomic E-state index is 0.137. The third-order valence-electron chi connectivity index (χ3n) is 4.10. The summed E-state index contributed by atoms with van der Waals surface area (Å²) in [4.78, 5) is 37.3. The van der Waals surface area contributed by atoms with E-state index < -0.39 is 18.0 Å². The fourth-order valence-corrected chi connectivity index (χ4v) is 2.92. The van der Waals surface area contributed by atoms with E-state index in [4.69, 9.17) is 18.9 Å². The van der Waals surface area contributed by atoms with E-state index in [1.54, 1.807) is 26.0 Å². The number of carbonyl (C=O) groups is 3. The van der Waals surface area contributed by atoms with Gasteiger partial charge in [0.1, 0.15) is 6.04 Å². The van der Waals surface area contributed by atoms with E-state index >= 15 is 0 Å². The molecule has 0 saturated heterocycles.